The Morgan fingerprint density at radius 2 is 2.25 bits per heavy atom. The van der Waals surface area contributed by atoms with Crippen molar-refractivity contribution in [1.82, 2.24) is 10.3 Å². The van der Waals surface area contributed by atoms with Crippen LogP contribution >= 0.6 is 11.3 Å². The molecule has 1 aromatic heterocycles. The van der Waals surface area contributed by atoms with Crippen LogP contribution in [0.4, 0.5) is 11.4 Å². The van der Waals surface area contributed by atoms with Crippen LogP contribution in [-0.2, 0) is 6.54 Å². The Balaban J connectivity index is 2.04. The number of nitrogens with two attached hydrogens (primary N) is 1. The van der Waals surface area contributed by atoms with Crippen LogP contribution in [0.3, 0.4) is 0 Å². The molecule has 4 N–H and O–H groups in total. The number of hydrogen-bond donors (Lipinski definition) is 3. The first-order chi connectivity index (χ1) is 9.60. The van der Waals surface area contributed by atoms with Gasteiger partial charge in [0.25, 0.3) is 5.91 Å². The van der Waals surface area contributed by atoms with Gasteiger partial charge in [0, 0.05) is 23.2 Å². The van der Waals surface area contributed by atoms with Crippen LogP contribution in [-0.4, -0.2) is 17.4 Å². The van der Waals surface area contributed by atoms with Gasteiger partial charge in [0.2, 0.25) is 0 Å². The van der Waals surface area contributed by atoms with E-state index in [1.165, 1.54) is 0 Å². The minimum absolute atomic E-state index is 0.108. The van der Waals surface area contributed by atoms with Crippen LogP contribution in [0.5, 0.6) is 0 Å². The van der Waals surface area contributed by atoms with Gasteiger partial charge in [-0.25, -0.2) is 4.98 Å². The summed E-state index contributed by atoms with van der Waals surface area (Å²) in [6.45, 7) is 5.14. The molecule has 0 unspecified atom stereocenters. The van der Waals surface area contributed by atoms with Gasteiger partial charge in [0.15, 0.2) is 0 Å². The molecule has 2 rings (SSSR count). The Bertz CT molecular complexity index is 609. The average molecular weight is 290 g/mol. The number of benzene rings is 1. The van der Waals surface area contributed by atoms with Gasteiger partial charge in [-0.15, -0.1) is 11.3 Å². The Morgan fingerprint density at radius 3 is 2.85 bits per heavy atom. The van der Waals surface area contributed by atoms with Crippen LogP contribution in [0, 0.1) is 6.92 Å². The first-order valence-electron chi connectivity index (χ1n) is 6.43. The molecule has 2 aromatic rings. The Kier molecular flexibility index (Phi) is 4.57. The first-order valence-corrected chi connectivity index (χ1v) is 7.24. The molecule has 0 bridgehead atoms. The van der Waals surface area contributed by atoms with Gasteiger partial charge < -0.3 is 16.4 Å². The van der Waals surface area contributed by atoms with Crippen molar-refractivity contribution >= 4 is 28.6 Å². The Morgan fingerprint density at radius 1 is 1.45 bits per heavy atom. The maximum absolute atomic E-state index is 11.7. The zero-order valence-corrected chi connectivity index (χ0v) is 12.4. The third-order valence-corrected chi connectivity index (χ3v) is 3.69. The van der Waals surface area contributed by atoms with E-state index >= 15 is 0 Å². The van der Waals surface area contributed by atoms with Gasteiger partial charge in [0.05, 0.1) is 22.9 Å². The van der Waals surface area contributed by atoms with E-state index in [-0.39, 0.29) is 5.91 Å². The molecule has 106 valence electrons. The van der Waals surface area contributed by atoms with Crippen LogP contribution < -0.4 is 16.4 Å². The molecule has 0 aliphatic heterocycles. The molecule has 1 aromatic carbocycles. The molecule has 0 fully saturated rings. The van der Waals surface area contributed by atoms with Gasteiger partial charge in [0.1, 0.15) is 0 Å². The number of thiazole rings is 1. The molecule has 0 aliphatic rings. The van der Waals surface area contributed by atoms with Crippen molar-refractivity contribution in [2.75, 3.05) is 17.6 Å². The van der Waals surface area contributed by atoms with E-state index < -0.39 is 0 Å². The average Bonchev–Trinajstić information content (AvgIpc) is 2.83. The van der Waals surface area contributed by atoms with E-state index in [1.807, 2.05) is 26.1 Å². The number of aromatic nitrogens is 1. The zero-order valence-electron chi connectivity index (χ0n) is 11.6. The van der Waals surface area contributed by atoms with Crippen LogP contribution in [0.25, 0.3) is 0 Å². The molecule has 1 heterocycles. The summed E-state index contributed by atoms with van der Waals surface area (Å²) in [6, 6.07) is 5.28. The molecule has 20 heavy (non-hydrogen) atoms. The number of aryl methyl sites for hydroxylation is 1. The molecule has 0 saturated carbocycles. The number of anilines is 2. The van der Waals surface area contributed by atoms with Crippen LogP contribution in [0.15, 0.2) is 24.4 Å². The zero-order chi connectivity index (χ0) is 14.5. The third-order valence-electron chi connectivity index (χ3n) is 2.77. The fourth-order valence-corrected chi connectivity index (χ4v) is 2.53. The lowest BCUT2D eigenvalue weighted by Gasteiger charge is -2.10. The SMILES string of the molecule is CCNC(=O)c1ccc(NCc2cnc(C)s2)c(N)c1. The molecule has 6 heteroatoms. The number of carbonyl (C=O) groups is 1. The summed E-state index contributed by atoms with van der Waals surface area (Å²) in [5, 5.41) is 7.04. The number of amides is 1. The third kappa shape index (κ3) is 3.48. The van der Waals surface area contributed by atoms with Crippen LogP contribution in [0.1, 0.15) is 27.2 Å². The highest BCUT2D eigenvalue weighted by molar-refractivity contribution is 7.11. The minimum atomic E-state index is -0.108. The minimum Gasteiger partial charge on any atom is -0.397 e. The standard InChI is InChI=1S/C14H18N4OS/c1-3-16-14(19)10-4-5-13(12(15)6-10)18-8-11-7-17-9(2)20-11/h4-7,18H,3,8,15H2,1-2H3,(H,16,19). The number of nitrogens with one attached hydrogen (secondary N) is 2. The molecule has 5 nitrogen and oxygen atoms in total. The molecule has 1 amide bonds. The normalized spacial score (nSPS) is 10.3. The molecule has 0 saturated heterocycles. The second-order valence-corrected chi connectivity index (χ2v) is 5.68. The lowest BCUT2D eigenvalue weighted by Crippen LogP contribution is -2.22. The van der Waals surface area contributed by atoms with Crippen molar-refractivity contribution < 1.29 is 4.79 Å². The topological polar surface area (TPSA) is 80.0 Å². The summed E-state index contributed by atoms with van der Waals surface area (Å²) in [6.07, 6.45) is 1.85. The smallest absolute Gasteiger partial charge is 0.251 e. The second-order valence-electron chi connectivity index (χ2n) is 4.36. The van der Waals surface area contributed by atoms with Crippen molar-refractivity contribution in [3.8, 4) is 0 Å². The first kappa shape index (κ1) is 14.3. The molecule has 0 atom stereocenters. The number of nitrogen functional groups attached to an aromatic ring is 1. The lowest BCUT2D eigenvalue weighted by molar-refractivity contribution is 0.0956. The number of nitrogens with zero attached hydrogens (tertiary/aromatic N) is 1. The molecule has 0 spiro atoms. The van der Waals surface area contributed by atoms with E-state index in [2.05, 4.69) is 15.6 Å². The van der Waals surface area contributed by atoms with Crippen molar-refractivity contribution in [3.05, 3.63) is 39.8 Å². The molecule has 0 radical (unpaired) electrons. The van der Waals surface area contributed by atoms with Gasteiger partial charge in [-0.05, 0) is 32.0 Å². The Hall–Kier alpha value is -2.08. The van der Waals surface area contributed by atoms with Gasteiger partial charge in [-0.3, -0.25) is 4.79 Å². The number of carbonyl (C=O) groups excluding carboxylic acids is 1. The summed E-state index contributed by atoms with van der Waals surface area (Å²) in [5.41, 5.74) is 7.93. The monoisotopic (exact) mass is 290 g/mol. The highest BCUT2D eigenvalue weighted by Gasteiger charge is 2.07. The fourth-order valence-electron chi connectivity index (χ4n) is 1.80. The quantitative estimate of drug-likeness (QED) is 0.739. The summed E-state index contributed by atoms with van der Waals surface area (Å²) < 4.78 is 0. The second kappa shape index (κ2) is 6.38. The summed E-state index contributed by atoms with van der Waals surface area (Å²) in [4.78, 5) is 17.0. The molecule has 0 aliphatic carbocycles. The summed E-state index contributed by atoms with van der Waals surface area (Å²) >= 11 is 1.65. The Labute approximate surface area is 122 Å². The van der Waals surface area contributed by atoms with E-state index in [0.717, 1.165) is 15.6 Å². The van der Waals surface area contributed by atoms with Crippen molar-refractivity contribution in [2.45, 2.75) is 20.4 Å². The van der Waals surface area contributed by atoms with Gasteiger partial charge in [-0.1, -0.05) is 0 Å². The van der Waals surface area contributed by atoms with E-state index in [9.17, 15) is 4.79 Å². The van der Waals surface area contributed by atoms with Gasteiger partial charge >= 0.3 is 0 Å². The van der Waals surface area contributed by atoms with E-state index in [0.29, 0.717) is 24.3 Å². The predicted octanol–water partition coefficient (Wildman–Crippen LogP) is 2.40. The van der Waals surface area contributed by atoms with Gasteiger partial charge in [-0.2, -0.15) is 0 Å². The lowest BCUT2D eigenvalue weighted by atomic mass is 10.1. The van der Waals surface area contributed by atoms with E-state index in [4.69, 9.17) is 5.73 Å². The molecular formula is C14H18N4OS. The summed E-state index contributed by atoms with van der Waals surface area (Å²) in [7, 11) is 0. The van der Waals surface area contributed by atoms with Crippen molar-refractivity contribution in [2.24, 2.45) is 0 Å². The summed E-state index contributed by atoms with van der Waals surface area (Å²) in [5.74, 6) is -0.108. The maximum atomic E-state index is 11.7. The van der Waals surface area contributed by atoms with Crippen molar-refractivity contribution in [1.29, 1.82) is 0 Å². The highest BCUT2D eigenvalue weighted by Crippen LogP contribution is 2.21. The largest absolute Gasteiger partial charge is 0.397 e. The maximum Gasteiger partial charge on any atom is 0.251 e. The number of rotatable bonds is 5. The van der Waals surface area contributed by atoms with E-state index in [1.54, 1.807) is 23.5 Å². The highest BCUT2D eigenvalue weighted by atomic mass is 32.1. The molecular weight excluding hydrogens is 272 g/mol. The van der Waals surface area contributed by atoms with Crippen molar-refractivity contribution in [3.63, 3.8) is 0 Å². The number of hydrogen-bond acceptors (Lipinski definition) is 5. The van der Waals surface area contributed by atoms with Crippen LogP contribution in [0.2, 0.25) is 0 Å². The predicted molar refractivity (Wildman–Crippen MR) is 83.0 cm³/mol. The fraction of sp³-hybridized carbons (Fsp3) is 0.286.